The van der Waals surface area contributed by atoms with Gasteiger partial charge >= 0.3 is 5.97 Å². The van der Waals surface area contributed by atoms with E-state index < -0.39 is 0 Å². The third kappa shape index (κ3) is 1.85. The summed E-state index contributed by atoms with van der Waals surface area (Å²) >= 11 is 0. The molecule has 0 amide bonds. The van der Waals surface area contributed by atoms with Crippen LogP contribution >= 0.6 is 0 Å². The Morgan fingerprint density at radius 1 is 1.60 bits per heavy atom. The number of rotatable bonds is 1. The van der Waals surface area contributed by atoms with Gasteiger partial charge in [-0.3, -0.25) is 10.1 Å². The van der Waals surface area contributed by atoms with Crippen molar-refractivity contribution in [1.82, 2.24) is 5.32 Å². The van der Waals surface area contributed by atoms with Crippen LogP contribution < -0.4 is 5.32 Å². The van der Waals surface area contributed by atoms with Crippen LogP contribution in [0.2, 0.25) is 0 Å². The molecule has 1 aromatic rings. The summed E-state index contributed by atoms with van der Waals surface area (Å²) in [5.41, 5.74) is 1.53. The molecule has 1 unspecified atom stereocenters. The minimum Gasteiger partial charge on any atom is -0.468 e. The van der Waals surface area contributed by atoms with Gasteiger partial charge < -0.3 is 4.74 Å². The number of halogens is 1. The number of benzene rings is 1. The maximum Gasteiger partial charge on any atom is 0.323 e. The highest BCUT2D eigenvalue weighted by molar-refractivity contribution is 5.76. The first-order chi connectivity index (χ1) is 7.22. The lowest BCUT2D eigenvalue weighted by Gasteiger charge is -2.24. The fourth-order valence-electron chi connectivity index (χ4n) is 1.82. The predicted octanol–water partition coefficient (Wildman–Crippen LogP) is 1.01. The molecule has 0 saturated carbocycles. The fraction of sp³-hybridized carbons (Fsp3) is 0.364. The lowest BCUT2D eigenvalue weighted by atomic mass is 9.95. The van der Waals surface area contributed by atoms with Crippen LogP contribution in [0, 0.1) is 5.82 Å². The molecule has 0 bridgehead atoms. The van der Waals surface area contributed by atoms with Crippen LogP contribution in [-0.2, 0) is 22.5 Å². The summed E-state index contributed by atoms with van der Waals surface area (Å²) in [6, 6.07) is 4.58. The van der Waals surface area contributed by atoms with E-state index in [-0.39, 0.29) is 17.8 Å². The lowest BCUT2D eigenvalue weighted by Crippen LogP contribution is -2.42. The van der Waals surface area contributed by atoms with E-state index in [1.54, 1.807) is 6.07 Å². The molecule has 80 valence electrons. The molecule has 0 fully saturated rings. The number of ether oxygens (including phenoxy) is 1. The van der Waals surface area contributed by atoms with E-state index in [1.165, 1.54) is 13.2 Å². The SMILES string of the molecule is COC(=O)C1Cc2cccc(F)c2CN1. The Bertz CT molecular complexity index is 392. The van der Waals surface area contributed by atoms with E-state index in [9.17, 15) is 9.18 Å². The number of carbonyl (C=O) groups is 1. The molecule has 3 nitrogen and oxygen atoms in total. The summed E-state index contributed by atoms with van der Waals surface area (Å²) in [6.07, 6.45) is 0.486. The van der Waals surface area contributed by atoms with E-state index in [1.807, 2.05) is 6.07 Å². The van der Waals surface area contributed by atoms with E-state index in [0.29, 0.717) is 18.5 Å². The van der Waals surface area contributed by atoms with Crippen molar-refractivity contribution in [3.8, 4) is 0 Å². The summed E-state index contributed by atoms with van der Waals surface area (Å²) < 4.78 is 18.0. The van der Waals surface area contributed by atoms with Gasteiger partial charge in [0.1, 0.15) is 11.9 Å². The van der Waals surface area contributed by atoms with Crippen LogP contribution in [-0.4, -0.2) is 19.1 Å². The van der Waals surface area contributed by atoms with Gasteiger partial charge in [-0.15, -0.1) is 0 Å². The van der Waals surface area contributed by atoms with Crippen LogP contribution in [0.4, 0.5) is 4.39 Å². The second-order valence-electron chi connectivity index (χ2n) is 3.54. The van der Waals surface area contributed by atoms with Gasteiger partial charge in [0, 0.05) is 12.1 Å². The van der Waals surface area contributed by atoms with E-state index >= 15 is 0 Å². The van der Waals surface area contributed by atoms with Crippen LogP contribution in [0.5, 0.6) is 0 Å². The molecular formula is C11H12FNO2. The van der Waals surface area contributed by atoms with Crippen LogP contribution in [0.1, 0.15) is 11.1 Å². The first-order valence-corrected chi connectivity index (χ1v) is 4.80. The van der Waals surface area contributed by atoms with Crippen LogP contribution in [0.3, 0.4) is 0 Å². The molecule has 2 rings (SSSR count). The van der Waals surface area contributed by atoms with Crippen molar-refractivity contribution in [2.75, 3.05) is 7.11 Å². The second-order valence-corrected chi connectivity index (χ2v) is 3.54. The van der Waals surface area contributed by atoms with Crippen molar-refractivity contribution in [3.63, 3.8) is 0 Å². The third-order valence-corrected chi connectivity index (χ3v) is 2.65. The molecule has 0 radical (unpaired) electrons. The zero-order valence-corrected chi connectivity index (χ0v) is 8.42. The van der Waals surface area contributed by atoms with Gasteiger partial charge in [0.2, 0.25) is 0 Å². The van der Waals surface area contributed by atoms with Crippen molar-refractivity contribution in [1.29, 1.82) is 0 Å². The Balaban J connectivity index is 2.24. The molecule has 0 spiro atoms. The molecule has 0 aromatic heterocycles. The lowest BCUT2D eigenvalue weighted by molar-refractivity contribution is -0.143. The van der Waals surface area contributed by atoms with Gasteiger partial charge in [0.25, 0.3) is 0 Å². The number of nitrogens with one attached hydrogen (secondary N) is 1. The van der Waals surface area contributed by atoms with Gasteiger partial charge in [0.05, 0.1) is 7.11 Å². The number of esters is 1. The van der Waals surface area contributed by atoms with Gasteiger partial charge in [-0.1, -0.05) is 12.1 Å². The number of hydrogen-bond acceptors (Lipinski definition) is 3. The zero-order chi connectivity index (χ0) is 10.8. The van der Waals surface area contributed by atoms with Gasteiger partial charge in [-0.05, 0) is 18.1 Å². The summed E-state index contributed by atoms with van der Waals surface area (Å²) in [5.74, 6) is -0.520. The number of hydrogen-bond donors (Lipinski definition) is 1. The van der Waals surface area contributed by atoms with Crippen molar-refractivity contribution >= 4 is 5.97 Å². The fourth-order valence-corrected chi connectivity index (χ4v) is 1.82. The highest BCUT2D eigenvalue weighted by atomic mass is 19.1. The van der Waals surface area contributed by atoms with E-state index in [4.69, 9.17) is 0 Å². The molecule has 0 aliphatic carbocycles. The average molecular weight is 209 g/mol. The quantitative estimate of drug-likeness (QED) is 0.701. The normalized spacial score (nSPS) is 19.5. The number of fused-ring (bicyclic) bond motifs is 1. The number of methoxy groups -OCH3 is 1. The Morgan fingerprint density at radius 2 is 2.40 bits per heavy atom. The minimum absolute atomic E-state index is 0.219. The molecule has 1 heterocycles. The predicted molar refractivity (Wildman–Crippen MR) is 52.7 cm³/mol. The first-order valence-electron chi connectivity index (χ1n) is 4.80. The first kappa shape index (κ1) is 10.1. The third-order valence-electron chi connectivity index (χ3n) is 2.65. The van der Waals surface area contributed by atoms with Crippen LogP contribution in [0.15, 0.2) is 18.2 Å². The summed E-state index contributed by atoms with van der Waals surface area (Å²) in [6.45, 7) is 0.377. The summed E-state index contributed by atoms with van der Waals surface area (Å²) in [5, 5.41) is 2.95. The molecule has 1 aliphatic rings. The zero-order valence-electron chi connectivity index (χ0n) is 8.42. The van der Waals surface area contributed by atoms with Crippen LogP contribution in [0.25, 0.3) is 0 Å². The highest BCUT2D eigenvalue weighted by Gasteiger charge is 2.25. The Hall–Kier alpha value is -1.42. The maximum absolute atomic E-state index is 13.3. The molecule has 0 saturated heterocycles. The Morgan fingerprint density at radius 3 is 3.13 bits per heavy atom. The van der Waals surface area contributed by atoms with E-state index in [2.05, 4.69) is 10.1 Å². The molecule has 1 N–H and O–H groups in total. The maximum atomic E-state index is 13.3. The monoisotopic (exact) mass is 209 g/mol. The highest BCUT2D eigenvalue weighted by Crippen LogP contribution is 2.19. The Kier molecular flexibility index (Phi) is 2.68. The molecular weight excluding hydrogens is 197 g/mol. The number of carbonyl (C=O) groups excluding carboxylic acids is 1. The summed E-state index contributed by atoms with van der Waals surface area (Å²) in [4.78, 5) is 11.3. The van der Waals surface area contributed by atoms with E-state index in [0.717, 1.165) is 5.56 Å². The van der Waals surface area contributed by atoms with Crippen molar-refractivity contribution in [3.05, 3.63) is 35.1 Å². The summed E-state index contributed by atoms with van der Waals surface area (Å²) in [7, 11) is 1.35. The van der Waals surface area contributed by atoms with Gasteiger partial charge in [-0.25, -0.2) is 4.39 Å². The van der Waals surface area contributed by atoms with Crippen molar-refractivity contribution in [2.24, 2.45) is 0 Å². The molecule has 4 heteroatoms. The Labute approximate surface area is 87.2 Å². The topological polar surface area (TPSA) is 38.3 Å². The molecule has 1 aromatic carbocycles. The average Bonchev–Trinajstić information content (AvgIpc) is 2.28. The second kappa shape index (κ2) is 3.98. The minimum atomic E-state index is -0.357. The molecule has 1 aliphatic heterocycles. The van der Waals surface area contributed by atoms with Crippen molar-refractivity contribution < 1.29 is 13.9 Å². The molecule has 1 atom stereocenters. The standard InChI is InChI=1S/C11H12FNO2/c1-15-11(14)10-5-7-3-2-4-9(12)8(7)6-13-10/h2-4,10,13H,5-6H2,1H3. The van der Waals surface area contributed by atoms with Gasteiger partial charge in [-0.2, -0.15) is 0 Å². The molecule has 15 heavy (non-hydrogen) atoms. The van der Waals surface area contributed by atoms with Crippen molar-refractivity contribution in [2.45, 2.75) is 19.0 Å². The largest absolute Gasteiger partial charge is 0.468 e. The smallest absolute Gasteiger partial charge is 0.323 e. The van der Waals surface area contributed by atoms with Gasteiger partial charge in [0.15, 0.2) is 0 Å².